The lowest BCUT2D eigenvalue weighted by molar-refractivity contribution is -0.146. The Morgan fingerprint density at radius 2 is 2.13 bits per heavy atom. The van der Waals surface area contributed by atoms with E-state index >= 15 is 0 Å². The molecule has 5 rings (SSSR count). The maximum atomic E-state index is 13.8. The number of benzene rings is 2. The number of nitrogens with zero attached hydrogens (tertiary/aromatic N) is 1. The Morgan fingerprint density at radius 3 is 2.97 bits per heavy atom. The largest absolute Gasteiger partial charge is 0.487 e. The topological polar surface area (TPSA) is 67.9 Å². The number of carbonyl (C=O) groups excluding carboxylic acids is 2. The van der Waals surface area contributed by atoms with Crippen LogP contribution in [0.4, 0.5) is 10.1 Å². The van der Waals surface area contributed by atoms with Gasteiger partial charge in [-0.2, -0.15) is 0 Å². The molecular formula is C23H21FN2O4. The number of rotatable bonds is 3. The van der Waals surface area contributed by atoms with Crippen LogP contribution in [0.25, 0.3) is 11.3 Å². The van der Waals surface area contributed by atoms with E-state index in [1.54, 1.807) is 6.07 Å². The number of likely N-dealkylation sites (tertiary alicyclic amines) is 1. The number of halogens is 1. The Labute approximate surface area is 173 Å². The molecule has 1 atom stereocenters. The molecule has 154 valence electrons. The fraction of sp³-hybridized carbons (Fsp3) is 0.304. The first-order valence-corrected chi connectivity index (χ1v) is 9.97. The third-order valence-corrected chi connectivity index (χ3v) is 5.96. The third-order valence-electron chi connectivity index (χ3n) is 5.96. The average Bonchev–Trinajstić information content (AvgIpc) is 3.43. The van der Waals surface area contributed by atoms with E-state index in [0.29, 0.717) is 35.7 Å². The molecule has 1 fully saturated rings. The summed E-state index contributed by atoms with van der Waals surface area (Å²) in [7, 11) is 1.42. The number of hydrogen-bond donors (Lipinski definition) is 1. The van der Waals surface area contributed by atoms with Gasteiger partial charge in [0.1, 0.15) is 24.2 Å². The molecule has 2 aromatic carbocycles. The highest BCUT2D eigenvalue weighted by Crippen LogP contribution is 2.42. The number of fused-ring (bicyclic) bond motifs is 2. The van der Waals surface area contributed by atoms with E-state index in [0.717, 1.165) is 36.1 Å². The smallest absolute Gasteiger partial charge is 0.323 e. The van der Waals surface area contributed by atoms with Crippen LogP contribution in [-0.4, -0.2) is 36.5 Å². The van der Waals surface area contributed by atoms with Crippen molar-refractivity contribution in [2.45, 2.75) is 32.0 Å². The van der Waals surface area contributed by atoms with E-state index in [9.17, 15) is 14.0 Å². The van der Waals surface area contributed by atoms with Crippen molar-refractivity contribution in [3.05, 3.63) is 64.5 Å². The van der Waals surface area contributed by atoms with Crippen molar-refractivity contribution in [3.8, 4) is 0 Å². The monoisotopic (exact) mass is 408 g/mol. The molecule has 0 radical (unpaired) electrons. The Morgan fingerprint density at radius 1 is 1.27 bits per heavy atom. The van der Waals surface area contributed by atoms with Crippen molar-refractivity contribution < 1.29 is 23.5 Å². The number of anilines is 1. The van der Waals surface area contributed by atoms with Gasteiger partial charge < -0.3 is 14.8 Å². The second-order valence-electron chi connectivity index (χ2n) is 7.78. The Hall–Kier alpha value is -3.19. The normalized spacial score (nSPS) is 22.5. The summed E-state index contributed by atoms with van der Waals surface area (Å²) >= 11 is 0. The summed E-state index contributed by atoms with van der Waals surface area (Å²) in [6.45, 7) is 1.85. The molecule has 30 heavy (non-hydrogen) atoms. The molecule has 7 heteroatoms. The van der Waals surface area contributed by atoms with E-state index in [1.165, 1.54) is 19.2 Å². The summed E-state index contributed by atoms with van der Waals surface area (Å²) < 4.78 is 24.6. The molecule has 0 bridgehead atoms. The molecule has 1 N–H and O–H groups in total. The van der Waals surface area contributed by atoms with E-state index in [4.69, 9.17) is 9.47 Å². The standard InChI is InChI=1S/C23H21FN2O4/c1-29-23(28)19-3-2-8-26(19)11-13-4-6-16-14(9-13)12-30-21(16)20-17-10-15(24)5-7-18(17)25-22(20)27/h4-7,9-10,19H,2-3,8,11-12H2,1H3,(H,25,27)/t19-/m0/s1. The summed E-state index contributed by atoms with van der Waals surface area (Å²) in [6.07, 6.45) is 1.77. The molecule has 0 aliphatic carbocycles. The molecule has 0 aromatic heterocycles. The van der Waals surface area contributed by atoms with Gasteiger partial charge in [0.15, 0.2) is 0 Å². The first-order valence-electron chi connectivity index (χ1n) is 9.97. The fourth-order valence-electron chi connectivity index (χ4n) is 4.54. The van der Waals surface area contributed by atoms with Crippen LogP contribution in [0.5, 0.6) is 0 Å². The zero-order valence-electron chi connectivity index (χ0n) is 16.5. The predicted molar refractivity (Wildman–Crippen MR) is 109 cm³/mol. The Balaban J connectivity index is 1.45. The SMILES string of the molecule is COC(=O)[C@@H]1CCCN1Cc1ccc2c(c1)COC2=C1C(=O)Nc2ccc(F)cc21. The highest BCUT2D eigenvalue weighted by molar-refractivity contribution is 6.36. The summed E-state index contributed by atoms with van der Waals surface area (Å²) in [5.41, 5.74) is 4.35. The minimum absolute atomic E-state index is 0.192. The highest BCUT2D eigenvalue weighted by atomic mass is 19.1. The van der Waals surface area contributed by atoms with Crippen LogP contribution < -0.4 is 5.32 Å². The average molecular weight is 408 g/mol. The van der Waals surface area contributed by atoms with Gasteiger partial charge in [0, 0.05) is 28.9 Å². The lowest BCUT2D eigenvalue weighted by Crippen LogP contribution is -2.36. The molecule has 0 saturated carbocycles. The quantitative estimate of drug-likeness (QED) is 0.624. The van der Waals surface area contributed by atoms with Crippen LogP contribution in [0.1, 0.15) is 35.1 Å². The van der Waals surface area contributed by atoms with Crippen molar-refractivity contribution in [3.63, 3.8) is 0 Å². The first-order chi connectivity index (χ1) is 14.5. The van der Waals surface area contributed by atoms with Crippen LogP contribution >= 0.6 is 0 Å². The van der Waals surface area contributed by atoms with Gasteiger partial charge in [0.2, 0.25) is 0 Å². The van der Waals surface area contributed by atoms with E-state index in [2.05, 4.69) is 16.3 Å². The van der Waals surface area contributed by atoms with Gasteiger partial charge in [0.25, 0.3) is 5.91 Å². The fourth-order valence-corrected chi connectivity index (χ4v) is 4.54. The summed E-state index contributed by atoms with van der Waals surface area (Å²) in [5, 5.41) is 2.77. The van der Waals surface area contributed by atoms with Crippen LogP contribution in [-0.2, 0) is 32.2 Å². The number of carbonyl (C=O) groups is 2. The van der Waals surface area contributed by atoms with Crippen LogP contribution in [0, 0.1) is 5.82 Å². The lowest BCUT2D eigenvalue weighted by Gasteiger charge is -2.22. The van der Waals surface area contributed by atoms with Crippen LogP contribution in [0.2, 0.25) is 0 Å². The number of hydrogen-bond acceptors (Lipinski definition) is 5. The molecule has 3 heterocycles. The van der Waals surface area contributed by atoms with Gasteiger partial charge in [-0.25, -0.2) is 4.39 Å². The van der Waals surface area contributed by atoms with E-state index < -0.39 is 5.82 Å². The Kier molecular flexibility index (Phi) is 4.55. The summed E-state index contributed by atoms with van der Waals surface area (Å²) in [5.74, 6) is -0.405. The van der Waals surface area contributed by atoms with Gasteiger partial charge >= 0.3 is 5.97 Å². The minimum Gasteiger partial charge on any atom is -0.487 e. The molecule has 6 nitrogen and oxygen atoms in total. The second-order valence-corrected chi connectivity index (χ2v) is 7.78. The molecule has 1 amide bonds. The van der Waals surface area contributed by atoms with E-state index in [1.807, 2.05) is 12.1 Å². The zero-order valence-corrected chi connectivity index (χ0v) is 16.5. The zero-order chi connectivity index (χ0) is 20.8. The molecule has 0 unspecified atom stereocenters. The molecule has 0 spiro atoms. The lowest BCUT2D eigenvalue weighted by atomic mass is 9.99. The summed E-state index contributed by atoms with van der Waals surface area (Å²) in [6, 6.07) is 10.0. The third kappa shape index (κ3) is 3.06. The van der Waals surface area contributed by atoms with Gasteiger partial charge in [-0.3, -0.25) is 14.5 Å². The number of methoxy groups -OCH3 is 1. The highest BCUT2D eigenvalue weighted by Gasteiger charge is 2.34. The maximum absolute atomic E-state index is 13.8. The van der Waals surface area contributed by atoms with Gasteiger partial charge in [-0.1, -0.05) is 18.2 Å². The Bertz CT molecular complexity index is 1090. The van der Waals surface area contributed by atoms with Crippen molar-refractivity contribution in [2.75, 3.05) is 19.0 Å². The van der Waals surface area contributed by atoms with Crippen molar-refractivity contribution in [1.82, 2.24) is 4.90 Å². The van der Waals surface area contributed by atoms with Gasteiger partial charge in [0.05, 0.1) is 12.7 Å². The number of amides is 1. The van der Waals surface area contributed by atoms with Gasteiger partial charge in [-0.15, -0.1) is 0 Å². The van der Waals surface area contributed by atoms with E-state index in [-0.39, 0.29) is 17.9 Å². The van der Waals surface area contributed by atoms with Crippen molar-refractivity contribution in [2.24, 2.45) is 0 Å². The minimum atomic E-state index is -0.400. The summed E-state index contributed by atoms with van der Waals surface area (Å²) in [4.78, 5) is 26.7. The number of esters is 1. The predicted octanol–water partition coefficient (Wildman–Crippen LogP) is 3.31. The van der Waals surface area contributed by atoms with Crippen molar-refractivity contribution in [1.29, 1.82) is 0 Å². The maximum Gasteiger partial charge on any atom is 0.323 e. The first kappa shape index (κ1) is 18.8. The number of ether oxygens (including phenoxy) is 2. The van der Waals surface area contributed by atoms with Crippen LogP contribution in [0.15, 0.2) is 36.4 Å². The van der Waals surface area contributed by atoms with Crippen molar-refractivity contribution >= 4 is 28.9 Å². The van der Waals surface area contributed by atoms with Crippen LogP contribution in [0.3, 0.4) is 0 Å². The molecule has 3 aliphatic heterocycles. The van der Waals surface area contributed by atoms with Gasteiger partial charge in [-0.05, 0) is 43.1 Å². The molecule has 3 aliphatic rings. The molecule has 2 aromatic rings. The molecular weight excluding hydrogens is 387 g/mol. The number of nitrogens with one attached hydrogen (secondary N) is 1. The molecule has 1 saturated heterocycles. The second kappa shape index (κ2) is 7.25.